The third-order valence-corrected chi connectivity index (χ3v) is 5.24. The number of hydrogen-bond acceptors (Lipinski definition) is 3. The van der Waals surface area contributed by atoms with Gasteiger partial charge < -0.3 is 15.0 Å². The second-order valence-corrected chi connectivity index (χ2v) is 8.08. The summed E-state index contributed by atoms with van der Waals surface area (Å²) in [6, 6.07) is 16.1. The van der Waals surface area contributed by atoms with Gasteiger partial charge in [0.2, 0.25) is 0 Å². The van der Waals surface area contributed by atoms with Gasteiger partial charge in [-0.3, -0.25) is 0 Å². The zero-order valence-corrected chi connectivity index (χ0v) is 18.9. The van der Waals surface area contributed by atoms with Crippen LogP contribution in [0.25, 0.3) is 0 Å². The topological polar surface area (TPSA) is 24.5 Å². The summed E-state index contributed by atoms with van der Waals surface area (Å²) < 4.78 is 5.93. The minimum absolute atomic E-state index is 0.531. The first kappa shape index (κ1) is 23.7. The van der Waals surface area contributed by atoms with Crippen molar-refractivity contribution in [1.82, 2.24) is 10.2 Å². The summed E-state index contributed by atoms with van der Waals surface area (Å²) in [7, 11) is 0. The number of ether oxygens (including phenoxy) is 1. The second-order valence-electron chi connectivity index (χ2n) is 7.65. The Balaban J connectivity index is 1.69. The summed E-state index contributed by atoms with van der Waals surface area (Å²) in [5.41, 5.74) is 2.33. The lowest BCUT2D eigenvalue weighted by Crippen LogP contribution is -2.29. The van der Waals surface area contributed by atoms with E-state index in [2.05, 4.69) is 42.3 Å². The van der Waals surface area contributed by atoms with E-state index in [0.29, 0.717) is 6.61 Å². The Morgan fingerprint density at radius 2 is 1.55 bits per heavy atom. The van der Waals surface area contributed by atoms with Gasteiger partial charge in [0.25, 0.3) is 0 Å². The molecular weight excluding hydrogens is 380 g/mol. The largest absolute Gasteiger partial charge is 0.489 e. The summed E-state index contributed by atoms with van der Waals surface area (Å²) in [5, 5.41) is 4.32. The highest BCUT2D eigenvalue weighted by molar-refractivity contribution is 6.30. The molecule has 0 aliphatic rings. The minimum atomic E-state index is 0.531. The van der Waals surface area contributed by atoms with E-state index in [1.165, 1.54) is 57.3 Å². The molecule has 0 aliphatic heterocycles. The SMILES string of the molecule is CCCCN(CCCC)CCCNCc1cccc(OCc2cccc(Cl)c2)c1. The third kappa shape index (κ3) is 10.2. The maximum absolute atomic E-state index is 6.04. The fourth-order valence-electron chi connectivity index (χ4n) is 3.30. The van der Waals surface area contributed by atoms with Gasteiger partial charge in [0.1, 0.15) is 12.4 Å². The molecule has 0 saturated carbocycles. The lowest BCUT2D eigenvalue weighted by Gasteiger charge is -2.22. The Bertz CT molecular complexity index is 684. The predicted molar refractivity (Wildman–Crippen MR) is 125 cm³/mol. The van der Waals surface area contributed by atoms with Gasteiger partial charge >= 0.3 is 0 Å². The van der Waals surface area contributed by atoms with E-state index in [4.69, 9.17) is 16.3 Å². The van der Waals surface area contributed by atoms with Gasteiger partial charge in [-0.1, -0.05) is 62.6 Å². The van der Waals surface area contributed by atoms with Crippen LogP contribution in [0, 0.1) is 0 Å². The molecular formula is C25H37ClN2O. The first-order chi connectivity index (χ1) is 14.2. The molecule has 2 aromatic carbocycles. The summed E-state index contributed by atoms with van der Waals surface area (Å²) in [5.74, 6) is 0.898. The highest BCUT2D eigenvalue weighted by Crippen LogP contribution is 2.17. The number of benzene rings is 2. The number of nitrogens with one attached hydrogen (secondary N) is 1. The molecule has 0 atom stereocenters. The van der Waals surface area contributed by atoms with E-state index in [1.807, 2.05) is 30.3 Å². The molecule has 3 nitrogen and oxygen atoms in total. The monoisotopic (exact) mass is 416 g/mol. The fourth-order valence-corrected chi connectivity index (χ4v) is 3.51. The van der Waals surface area contributed by atoms with Crippen LogP contribution in [-0.2, 0) is 13.2 Å². The minimum Gasteiger partial charge on any atom is -0.489 e. The van der Waals surface area contributed by atoms with E-state index in [9.17, 15) is 0 Å². The van der Waals surface area contributed by atoms with E-state index < -0.39 is 0 Å². The molecule has 0 aliphatic carbocycles. The van der Waals surface area contributed by atoms with Crippen molar-refractivity contribution in [2.75, 3.05) is 26.2 Å². The van der Waals surface area contributed by atoms with Gasteiger partial charge in [-0.15, -0.1) is 0 Å². The highest BCUT2D eigenvalue weighted by atomic mass is 35.5. The number of rotatable bonds is 15. The molecule has 0 heterocycles. The molecule has 2 aromatic rings. The number of nitrogens with zero attached hydrogens (tertiary/aromatic N) is 1. The Morgan fingerprint density at radius 1 is 0.862 bits per heavy atom. The van der Waals surface area contributed by atoms with Crippen molar-refractivity contribution in [3.8, 4) is 5.75 Å². The quantitative estimate of drug-likeness (QED) is 0.345. The van der Waals surface area contributed by atoms with Crippen molar-refractivity contribution in [2.45, 2.75) is 59.1 Å². The van der Waals surface area contributed by atoms with Crippen molar-refractivity contribution in [3.05, 3.63) is 64.7 Å². The summed E-state index contributed by atoms with van der Waals surface area (Å²) in [4.78, 5) is 2.62. The molecule has 4 heteroatoms. The predicted octanol–water partition coefficient (Wildman–Crippen LogP) is 6.30. The van der Waals surface area contributed by atoms with Gasteiger partial charge in [-0.05, 0) is 80.8 Å². The van der Waals surface area contributed by atoms with Crippen molar-refractivity contribution in [3.63, 3.8) is 0 Å². The van der Waals surface area contributed by atoms with E-state index in [1.54, 1.807) is 0 Å². The summed E-state index contributed by atoms with van der Waals surface area (Å²) in [6.45, 7) is 10.7. The van der Waals surface area contributed by atoms with Gasteiger partial charge in [0, 0.05) is 11.6 Å². The molecule has 1 N–H and O–H groups in total. The standard InChI is InChI=1S/C25H37ClN2O/c1-3-5-15-28(16-6-4-2)17-9-14-27-20-22-10-8-13-25(19-22)29-21-23-11-7-12-24(26)18-23/h7-8,10-13,18-19,27H,3-6,9,14-17,20-21H2,1-2H3. The van der Waals surface area contributed by atoms with Gasteiger partial charge in [-0.2, -0.15) is 0 Å². The molecule has 0 radical (unpaired) electrons. The van der Waals surface area contributed by atoms with Crippen molar-refractivity contribution >= 4 is 11.6 Å². The lowest BCUT2D eigenvalue weighted by molar-refractivity contribution is 0.261. The van der Waals surface area contributed by atoms with Gasteiger partial charge in [-0.25, -0.2) is 0 Å². The molecule has 0 aromatic heterocycles. The maximum Gasteiger partial charge on any atom is 0.120 e. The van der Waals surface area contributed by atoms with Crippen LogP contribution >= 0.6 is 11.6 Å². The number of unbranched alkanes of at least 4 members (excludes halogenated alkanes) is 2. The molecule has 0 unspecified atom stereocenters. The molecule has 0 saturated heterocycles. The van der Waals surface area contributed by atoms with Crippen molar-refractivity contribution < 1.29 is 4.74 Å². The van der Waals surface area contributed by atoms with Crippen molar-refractivity contribution in [1.29, 1.82) is 0 Å². The van der Waals surface area contributed by atoms with Gasteiger partial charge in [0.05, 0.1) is 0 Å². The zero-order chi connectivity index (χ0) is 20.7. The Labute approximate surface area is 182 Å². The zero-order valence-electron chi connectivity index (χ0n) is 18.1. The normalized spacial score (nSPS) is 11.2. The van der Waals surface area contributed by atoms with Crippen LogP contribution in [-0.4, -0.2) is 31.1 Å². The number of hydrogen-bond donors (Lipinski definition) is 1. The average Bonchev–Trinajstić information content (AvgIpc) is 2.74. The van der Waals surface area contributed by atoms with Crippen LogP contribution in [0.4, 0.5) is 0 Å². The second kappa shape index (κ2) is 14.4. The average molecular weight is 417 g/mol. The first-order valence-corrected chi connectivity index (χ1v) is 11.5. The van der Waals surface area contributed by atoms with Crippen LogP contribution in [0.5, 0.6) is 5.75 Å². The van der Waals surface area contributed by atoms with E-state index in [-0.39, 0.29) is 0 Å². The molecule has 2 rings (SSSR count). The smallest absolute Gasteiger partial charge is 0.120 e. The van der Waals surface area contributed by atoms with Gasteiger partial charge in [0.15, 0.2) is 0 Å². The number of halogens is 1. The Morgan fingerprint density at radius 3 is 2.28 bits per heavy atom. The maximum atomic E-state index is 6.04. The first-order valence-electron chi connectivity index (χ1n) is 11.1. The molecule has 0 fully saturated rings. The molecule has 0 spiro atoms. The Hall–Kier alpha value is -1.55. The van der Waals surface area contributed by atoms with Crippen LogP contribution in [0.3, 0.4) is 0 Å². The molecule has 0 amide bonds. The highest BCUT2D eigenvalue weighted by Gasteiger charge is 2.04. The van der Waals surface area contributed by atoms with Crippen molar-refractivity contribution in [2.24, 2.45) is 0 Å². The van der Waals surface area contributed by atoms with Crippen LogP contribution in [0.15, 0.2) is 48.5 Å². The van der Waals surface area contributed by atoms with Crippen LogP contribution in [0.2, 0.25) is 5.02 Å². The van der Waals surface area contributed by atoms with E-state index in [0.717, 1.165) is 29.4 Å². The van der Waals surface area contributed by atoms with Crippen LogP contribution < -0.4 is 10.1 Å². The van der Waals surface area contributed by atoms with Crippen LogP contribution in [0.1, 0.15) is 57.1 Å². The molecule has 0 bridgehead atoms. The Kier molecular flexibility index (Phi) is 11.8. The lowest BCUT2D eigenvalue weighted by atomic mass is 10.2. The molecule has 160 valence electrons. The third-order valence-electron chi connectivity index (χ3n) is 5.01. The fraction of sp³-hybridized carbons (Fsp3) is 0.520. The summed E-state index contributed by atoms with van der Waals surface area (Å²) in [6.07, 6.45) is 6.35. The van der Waals surface area contributed by atoms with E-state index >= 15 is 0 Å². The summed E-state index contributed by atoms with van der Waals surface area (Å²) >= 11 is 6.04. The molecule has 29 heavy (non-hydrogen) atoms.